The van der Waals surface area contributed by atoms with Crippen LogP contribution in [0.25, 0.3) is 0 Å². The average molecular weight is 248 g/mol. The first-order valence-electron chi connectivity index (χ1n) is 6.92. The van der Waals surface area contributed by atoms with E-state index in [1.54, 1.807) is 13.3 Å². The molecular formula is C15H24N2O. The van der Waals surface area contributed by atoms with Crippen LogP contribution in [0, 0.1) is 11.8 Å². The van der Waals surface area contributed by atoms with E-state index < -0.39 is 0 Å². The van der Waals surface area contributed by atoms with Crippen molar-refractivity contribution in [2.24, 2.45) is 11.8 Å². The van der Waals surface area contributed by atoms with Crippen molar-refractivity contribution in [2.45, 2.75) is 38.6 Å². The SMILES string of the molecule is CNC(c1cccnc1OC)C1CCC(C)CC1. The van der Waals surface area contributed by atoms with Gasteiger partial charge in [-0.05, 0) is 37.8 Å². The number of pyridine rings is 1. The highest BCUT2D eigenvalue weighted by atomic mass is 16.5. The first-order chi connectivity index (χ1) is 8.76. The van der Waals surface area contributed by atoms with Gasteiger partial charge in [0.1, 0.15) is 0 Å². The second-order valence-corrected chi connectivity index (χ2v) is 5.39. The predicted octanol–water partition coefficient (Wildman–Crippen LogP) is 3.18. The smallest absolute Gasteiger partial charge is 0.217 e. The molecule has 0 spiro atoms. The minimum atomic E-state index is 0.362. The van der Waals surface area contributed by atoms with Crippen molar-refractivity contribution in [1.82, 2.24) is 10.3 Å². The van der Waals surface area contributed by atoms with E-state index in [4.69, 9.17) is 4.74 Å². The van der Waals surface area contributed by atoms with Crippen molar-refractivity contribution >= 4 is 0 Å². The number of rotatable bonds is 4. The van der Waals surface area contributed by atoms with E-state index in [0.717, 1.165) is 11.8 Å². The summed E-state index contributed by atoms with van der Waals surface area (Å²) in [5, 5.41) is 3.46. The van der Waals surface area contributed by atoms with Gasteiger partial charge in [0.15, 0.2) is 0 Å². The van der Waals surface area contributed by atoms with Crippen LogP contribution in [0.5, 0.6) is 5.88 Å². The van der Waals surface area contributed by atoms with E-state index in [9.17, 15) is 0 Å². The van der Waals surface area contributed by atoms with Crippen LogP contribution in [0.15, 0.2) is 18.3 Å². The Labute approximate surface area is 110 Å². The topological polar surface area (TPSA) is 34.2 Å². The van der Waals surface area contributed by atoms with Gasteiger partial charge in [-0.15, -0.1) is 0 Å². The fourth-order valence-corrected chi connectivity index (χ4v) is 3.07. The Morgan fingerprint density at radius 2 is 2.06 bits per heavy atom. The molecule has 0 radical (unpaired) electrons. The molecule has 0 saturated heterocycles. The van der Waals surface area contributed by atoms with Crippen molar-refractivity contribution in [2.75, 3.05) is 14.2 Å². The van der Waals surface area contributed by atoms with Gasteiger partial charge in [0.2, 0.25) is 5.88 Å². The monoisotopic (exact) mass is 248 g/mol. The van der Waals surface area contributed by atoms with Crippen molar-refractivity contribution in [1.29, 1.82) is 0 Å². The molecule has 1 atom stereocenters. The molecular weight excluding hydrogens is 224 g/mol. The molecule has 1 aliphatic carbocycles. The molecule has 3 heteroatoms. The first kappa shape index (κ1) is 13.3. The van der Waals surface area contributed by atoms with Crippen LogP contribution in [0.1, 0.15) is 44.2 Å². The van der Waals surface area contributed by atoms with Crippen LogP contribution >= 0.6 is 0 Å². The van der Waals surface area contributed by atoms with Gasteiger partial charge in [0.05, 0.1) is 7.11 Å². The molecule has 1 fully saturated rings. The summed E-state index contributed by atoms with van der Waals surface area (Å²) in [4.78, 5) is 4.31. The van der Waals surface area contributed by atoms with Crippen molar-refractivity contribution in [3.8, 4) is 5.88 Å². The summed E-state index contributed by atoms with van der Waals surface area (Å²) in [6.45, 7) is 2.36. The molecule has 2 rings (SSSR count). The van der Waals surface area contributed by atoms with Crippen LogP contribution in [0.4, 0.5) is 0 Å². The third-order valence-electron chi connectivity index (χ3n) is 4.17. The molecule has 3 nitrogen and oxygen atoms in total. The van der Waals surface area contributed by atoms with Crippen molar-refractivity contribution < 1.29 is 4.74 Å². The van der Waals surface area contributed by atoms with Crippen LogP contribution in [-0.2, 0) is 0 Å². The molecule has 0 amide bonds. The highest BCUT2D eigenvalue weighted by Gasteiger charge is 2.28. The number of nitrogens with one attached hydrogen (secondary N) is 1. The van der Waals surface area contributed by atoms with Gasteiger partial charge in [0.25, 0.3) is 0 Å². The van der Waals surface area contributed by atoms with Gasteiger partial charge < -0.3 is 10.1 Å². The van der Waals surface area contributed by atoms with Gasteiger partial charge in [-0.3, -0.25) is 0 Å². The van der Waals surface area contributed by atoms with Crippen LogP contribution in [0.2, 0.25) is 0 Å². The normalized spacial score (nSPS) is 25.7. The first-order valence-corrected chi connectivity index (χ1v) is 6.92. The lowest BCUT2D eigenvalue weighted by Gasteiger charge is -2.33. The molecule has 18 heavy (non-hydrogen) atoms. The largest absolute Gasteiger partial charge is 0.481 e. The fourth-order valence-electron chi connectivity index (χ4n) is 3.07. The van der Waals surface area contributed by atoms with Crippen LogP contribution in [-0.4, -0.2) is 19.1 Å². The summed E-state index contributed by atoms with van der Waals surface area (Å²) in [6, 6.07) is 4.49. The third kappa shape index (κ3) is 2.83. The summed E-state index contributed by atoms with van der Waals surface area (Å²) in [6.07, 6.45) is 7.06. The minimum Gasteiger partial charge on any atom is -0.481 e. The summed E-state index contributed by atoms with van der Waals surface area (Å²) in [7, 11) is 3.73. The minimum absolute atomic E-state index is 0.362. The van der Waals surface area contributed by atoms with E-state index >= 15 is 0 Å². The number of ether oxygens (including phenoxy) is 1. The summed E-state index contributed by atoms with van der Waals surface area (Å²) >= 11 is 0. The lowest BCUT2D eigenvalue weighted by atomic mass is 9.77. The lowest BCUT2D eigenvalue weighted by Crippen LogP contribution is -2.28. The summed E-state index contributed by atoms with van der Waals surface area (Å²) in [5.41, 5.74) is 1.20. The molecule has 1 aromatic rings. The Hall–Kier alpha value is -1.09. The standard InChI is InChI=1S/C15H24N2O/c1-11-6-8-12(9-7-11)14(16-2)13-5-4-10-17-15(13)18-3/h4-5,10-12,14,16H,6-9H2,1-3H3. The molecule has 0 aliphatic heterocycles. The average Bonchev–Trinajstić information content (AvgIpc) is 2.42. The van der Waals surface area contributed by atoms with Crippen molar-refractivity contribution in [3.63, 3.8) is 0 Å². The molecule has 1 aliphatic rings. The molecule has 1 saturated carbocycles. The zero-order valence-corrected chi connectivity index (χ0v) is 11.6. The molecule has 1 heterocycles. The van der Waals surface area contributed by atoms with E-state index in [-0.39, 0.29) is 0 Å². The van der Waals surface area contributed by atoms with Gasteiger partial charge in [0, 0.05) is 17.8 Å². The van der Waals surface area contributed by atoms with Crippen LogP contribution < -0.4 is 10.1 Å². The maximum absolute atomic E-state index is 5.39. The van der Waals surface area contributed by atoms with Crippen molar-refractivity contribution in [3.05, 3.63) is 23.9 Å². The lowest BCUT2D eigenvalue weighted by molar-refractivity contribution is 0.233. The summed E-state index contributed by atoms with van der Waals surface area (Å²) < 4.78 is 5.39. The molecule has 100 valence electrons. The predicted molar refractivity (Wildman–Crippen MR) is 73.7 cm³/mol. The maximum Gasteiger partial charge on any atom is 0.217 e. The molecule has 1 N–H and O–H groups in total. The number of hydrogen-bond donors (Lipinski definition) is 1. The molecule has 1 aromatic heterocycles. The summed E-state index contributed by atoms with van der Waals surface area (Å²) in [5.74, 6) is 2.34. The van der Waals surface area contributed by atoms with Gasteiger partial charge in [-0.25, -0.2) is 4.98 Å². The van der Waals surface area contributed by atoms with Gasteiger partial charge in [-0.2, -0.15) is 0 Å². The number of methoxy groups -OCH3 is 1. The van der Waals surface area contributed by atoms with Gasteiger partial charge in [-0.1, -0.05) is 25.8 Å². The molecule has 0 aromatic carbocycles. The van der Waals surface area contributed by atoms with E-state index in [0.29, 0.717) is 12.0 Å². The second-order valence-electron chi connectivity index (χ2n) is 5.39. The molecule has 1 unspecified atom stereocenters. The zero-order valence-electron chi connectivity index (χ0n) is 11.6. The van der Waals surface area contributed by atoms with Gasteiger partial charge >= 0.3 is 0 Å². The Kier molecular flexibility index (Phi) is 4.59. The second kappa shape index (κ2) is 6.19. The Morgan fingerprint density at radius 3 is 2.67 bits per heavy atom. The highest BCUT2D eigenvalue weighted by Crippen LogP contribution is 2.38. The third-order valence-corrected chi connectivity index (χ3v) is 4.17. The Balaban J connectivity index is 2.17. The van der Waals surface area contributed by atoms with E-state index in [1.165, 1.54) is 31.2 Å². The maximum atomic E-state index is 5.39. The fraction of sp³-hybridized carbons (Fsp3) is 0.667. The number of nitrogens with zero attached hydrogens (tertiary/aromatic N) is 1. The molecule has 0 bridgehead atoms. The van der Waals surface area contributed by atoms with E-state index in [1.807, 2.05) is 13.1 Å². The Bertz CT molecular complexity index is 373. The van der Waals surface area contributed by atoms with E-state index in [2.05, 4.69) is 23.3 Å². The quantitative estimate of drug-likeness (QED) is 0.888. The highest BCUT2D eigenvalue weighted by molar-refractivity contribution is 5.29. The zero-order chi connectivity index (χ0) is 13.0. The number of hydrogen-bond acceptors (Lipinski definition) is 3. The van der Waals surface area contributed by atoms with Crippen LogP contribution in [0.3, 0.4) is 0 Å². The number of aromatic nitrogens is 1. The Morgan fingerprint density at radius 1 is 1.33 bits per heavy atom.